The highest BCUT2D eigenvalue weighted by atomic mass is 35.5. The highest BCUT2D eigenvalue weighted by molar-refractivity contribution is 6.32. The van der Waals surface area contributed by atoms with Crippen molar-refractivity contribution >= 4 is 11.6 Å². The van der Waals surface area contributed by atoms with Crippen molar-refractivity contribution in [2.45, 2.75) is 33.2 Å². The molecule has 1 unspecified atom stereocenters. The van der Waals surface area contributed by atoms with Gasteiger partial charge in [0, 0.05) is 0 Å². The molecule has 1 atom stereocenters. The van der Waals surface area contributed by atoms with Gasteiger partial charge in [-0.3, -0.25) is 0 Å². The van der Waals surface area contributed by atoms with Crippen molar-refractivity contribution in [1.82, 2.24) is 25.5 Å². The lowest BCUT2D eigenvalue weighted by molar-refractivity contribution is 0.531. The van der Waals surface area contributed by atoms with E-state index >= 15 is 0 Å². The Morgan fingerprint density at radius 3 is 2.89 bits per heavy atom. The van der Waals surface area contributed by atoms with Crippen molar-refractivity contribution in [2.24, 2.45) is 0 Å². The van der Waals surface area contributed by atoms with Crippen molar-refractivity contribution in [3.05, 3.63) is 34.6 Å². The van der Waals surface area contributed by atoms with Crippen LogP contribution in [0.25, 0.3) is 5.69 Å². The molecule has 0 bridgehead atoms. The monoisotopic (exact) mass is 279 g/mol. The average Bonchev–Trinajstić information content (AvgIpc) is 2.85. The molecule has 0 radical (unpaired) electrons. The van der Waals surface area contributed by atoms with E-state index < -0.39 is 0 Å². The number of nitrogens with one attached hydrogen (secondary N) is 1. The van der Waals surface area contributed by atoms with Crippen molar-refractivity contribution < 1.29 is 0 Å². The SMILES string of the molecule is CCCNC(C)c1nnnn1-c1c(C)cccc1Cl. The number of halogens is 1. The Morgan fingerprint density at radius 1 is 1.42 bits per heavy atom. The smallest absolute Gasteiger partial charge is 0.173 e. The molecular formula is C13H18ClN5. The fraction of sp³-hybridized carbons (Fsp3) is 0.462. The fourth-order valence-electron chi connectivity index (χ4n) is 1.97. The molecule has 0 aliphatic carbocycles. The molecule has 1 N–H and O–H groups in total. The summed E-state index contributed by atoms with van der Waals surface area (Å²) in [5.74, 6) is 0.768. The van der Waals surface area contributed by atoms with Crippen molar-refractivity contribution in [3.63, 3.8) is 0 Å². The topological polar surface area (TPSA) is 55.6 Å². The summed E-state index contributed by atoms with van der Waals surface area (Å²) in [4.78, 5) is 0. The van der Waals surface area contributed by atoms with Gasteiger partial charge in [0.15, 0.2) is 5.82 Å². The molecular weight excluding hydrogens is 262 g/mol. The van der Waals surface area contributed by atoms with Gasteiger partial charge in [-0.2, -0.15) is 4.68 Å². The number of benzene rings is 1. The first-order valence-corrected chi connectivity index (χ1v) is 6.80. The second-order valence-corrected chi connectivity index (χ2v) is 4.94. The fourth-order valence-corrected chi connectivity index (χ4v) is 2.27. The van der Waals surface area contributed by atoms with Gasteiger partial charge in [0.1, 0.15) is 0 Å². The van der Waals surface area contributed by atoms with E-state index in [2.05, 4.69) is 27.8 Å². The van der Waals surface area contributed by atoms with Crippen LogP contribution >= 0.6 is 11.6 Å². The zero-order chi connectivity index (χ0) is 13.8. The molecule has 1 heterocycles. The van der Waals surface area contributed by atoms with Crippen molar-refractivity contribution in [3.8, 4) is 5.69 Å². The van der Waals surface area contributed by atoms with Crippen LogP contribution in [-0.4, -0.2) is 26.8 Å². The van der Waals surface area contributed by atoms with Crippen molar-refractivity contribution in [2.75, 3.05) is 6.54 Å². The van der Waals surface area contributed by atoms with Gasteiger partial charge in [-0.15, -0.1) is 5.10 Å². The van der Waals surface area contributed by atoms with Crippen LogP contribution in [0.15, 0.2) is 18.2 Å². The predicted molar refractivity (Wildman–Crippen MR) is 75.6 cm³/mol. The molecule has 5 nitrogen and oxygen atoms in total. The predicted octanol–water partition coefficient (Wildman–Crippen LogP) is 2.68. The molecule has 102 valence electrons. The van der Waals surface area contributed by atoms with Gasteiger partial charge in [-0.1, -0.05) is 30.7 Å². The zero-order valence-corrected chi connectivity index (χ0v) is 12.1. The Morgan fingerprint density at radius 2 is 2.21 bits per heavy atom. The van der Waals surface area contributed by atoms with E-state index in [1.807, 2.05) is 32.0 Å². The van der Waals surface area contributed by atoms with Gasteiger partial charge in [0.2, 0.25) is 0 Å². The van der Waals surface area contributed by atoms with E-state index in [-0.39, 0.29) is 6.04 Å². The third kappa shape index (κ3) is 2.93. The summed E-state index contributed by atoms with van der Waals surface area (Å²) < 4.78 is 1.71. The number of aromatic nitrogens is 4. The van der Waals surface area contributed by atoms with E-state index in [9.17, 15) is 0 Å². The third-order valence-corrected chi connectivity index (χ3v) is 3.29. The lowest BCUT2D eigenvalue weighted by Crippen LogP contribution is -2.23. The molecule has 6 heteroatoms. The number of nitrogens with zero attached hydrogens (tertiary/aromatic N) is 4. The van der Waals surface area contributed by atoms with Crippen LogP contribution in [0, 0.1) is 6.92 Å². The largest absolute Gasteiger partial charge is 0.307 e. The first-order chi connectivity index (χ1) is 9.15. The summed E-state index contributed by atoms with van der Waals surface area (Å²) in [6.45, 7) is 7.09. The molecule has 1 aromatic carbocycles. The number of hydrogen-bond acceptors (Lipinski definition) is 4. The molecule has 0 saturated carbocycles. The van der Waals surface area contributed by atoms with Crippen LogP contribution in [-0.2, 0) is 0 Å². The quantitative estimate of drug-likeness (QED) is 0.914. The highest BCUT2D eigenvalue weighted by Crippen LogP contribution is 2.25. The Balaban J connectivity index is 2.39. The molecule has 2 rings (SSSR count). The Hall–Kier alpha value is -1.46. The Bertz CT molecular complexity index is 531. The van der Waals surface area contributed by atoms with E-state index in [0.29, 0.717) is 5.02 Å². The van der Waals surface area contributed by atoms with Crippen LogP contribution in [0.1, 0.15) is 37.7 Å². The van der Waals surface area contributed by atoms with Gasteiger partial charge in [-0.25, -0.2) is 0 Å². The first-order valence-electron chi connectivity index (χ1n) is 6.42. The standard InChI is InChI=1S/C13H18ClN5/c1-4-8-15-10(3)13-16-17-18-19(13)12-9(2)6-5-7-11(12)14/h5-7,10,15H,4,8H2,1-3H3. The first kappa shape index (κ1) is 14.0. The average molecular weight is 280 g/mol. The van der Waals surface area contributed by atoms with E-state index in [0.717, 1.165) is 30.0 Å². The molecule has 0 spiro atoms. The Labute approximate surface area is 118 Å². The second kappa shape index (κ2) is 6.12. The summed E-state index contributed by atoms with van der Waals surface area (Å²) in [5, 5.41) is 16.0. The molecule has 19 heavy (non-hydrogen) atoms. The van der Waals surface area contributed by atoms with Gasteiger partial charge in [0.25, 0.3) is 0 Å². The van der Waals surface area contributed by atoms with Gasteiger partial charge >= 0.3 is 0 Å². The normalized spacial score (nSPS) is 12.6. The molecule has 2 aromatic rings. The minimum atomic E-state index is 0.0747. The molecule has 1 aromatic heterocycles. The summed E-state index contributed by atoms with van der Waals surface area (Å²) in [6.07, 6.45) is 1.07. The number of hydrogen-bond donors (Lipinski definition) is 1. The number of aryl methyl sites for hydroxylation is 1. The van der Waals surface area contributed by atoms with E-state index in [4.69, 9.17) is 11.6 Å². The number of rotatable bonds is 5. The van der Waals surface area contributed by atoms with Crippen LogP contribution < -0.4 is 5.32 Å². The molecule has 0 aliphatic rings. The lowest BCUT2D eigenvalue weighted by Gasteiger charge is -2.14. The maximum absolute atomic E-state index is 6.27. The summed E-state index contributed by atoms with van der Waals surface area (Å²) >= 11 is 6.27. The van der Waals surface area contributed by atoms with Gasteiger partial charge in [0.05, 0.1) is 16.8 Å². The van der Waals surface area contributed by atoms with Crippen LogP contribution in [0.3, 0.4) is 0 Å². The molecule has 0 saturated heterocycles. The lowest BCUT2D eigenvalue weighted by atomic mass is 10.2. The summed E-state index contributed by atoms with van der Waals surface area (Å²) in [6, 6.07) is 5.84. The molecule has 0 fully saturated rings. The summed E-state index contributed by atoms with van der Waals surface area (Å²) in [5.41, 5.74) is 1.89. The summed E-state index contributed by atoms with van der Waals surface area (Å²) in [7, 11) is 0. The minimum absolute atomic E-state index is 0.0747. The van der Waals surface area contributed by atoms with Crippen LogP contribution in [0.2, 0.25) is 5.02 Å². The number of tetrazole rings is 1. The molecule has 0 aliphatic heterocycles. The van der Waals surface area contributed by atoms with Gasteiger partial charge in [-0.05, 0) is 48.9 Å². The highest BCUT2D eigenvalue weighted by Gasteiger charge is 2.18. The third-order valence-electron chi connectivity index (χ3n) is 2.98. The van der Waals surface area contributed by atoms with E-state index in [1.165, 1.54) is 0 Å². The van der Waals surface area contributed by atoms with Crippen LogP contribution in [0.5, 0.6) is 0 Å². The number of para-hydroxylation sites is 1. The van der Waals surface area contributed by atoms with Crippen molar-refractivity contribution in [1.29, 1.82) is 0 Å². The Kier molecular flexibility index (Phi) is 4.50. The second-order valence-electron chi connectivity index (χ2n) is 4.53. The maximum Gasteiger partial charge on any atom is 0.173 e. The maximum atomic E-state index is 6.27. The van der Waals surface area contributed by atoms with E-state index in [1.54, 1.807) is 4.68 Å². The zero-order valence-electron chi connectivity index (χ0n) is 11.4. The minimum Gasteiger partial charge on any atom is -0.307 e. The van der Waals surface area contributed by atoms with Gasteiger partial charge < -0.3 is 5.32 Å². The van der Waals surface area contributed by atoms with Crippen LogP contribution in [0.4, 0.5) is 0 Å². The molecule has 0 amide bonds.